The number of benzene rings is 1. The van der Waals surface area contributed by atoms with E-state index in [0.717, 1.165) is 38.2 Å². The van der Waals surface area contributed by atoms with Gasteiger partial charge >= 0.3 is 0 Å². The molecule has 0 unspecified atom stereocenters. The van der Waals surface area contributed by atoms with Gasteiger partial charge in [0.1, 0.15) is 0 Å². The van der Waals surface area contributed by atoms with E-state index in [4.69, 9.17) is 4.74 Å². The van der Waals surface area contributed by atoms with Crippen molar-refractivity contribution in [1.82, 2.24) is 14.6 Å². The number of rotatable bonds is 8. The predicted octanol–water partition coefficient (Wildman–Crippen LogP) is 3.33. The molecule has 1 aromatic carbocycles. The number of nitrogens with zero attached hydrogens (tertiary/aromatic N) is 2. The van der Waals surface area contributed by atoms with E-state index in [2.05, 4.69) is 33.8 Å². The average Bonchev–Trinajstić information content (AvgIpc) is 3.44. The van der Waals surface area contributed by atoms with Gasteiger partial charge in [-0.1, -0.05) is 13.8 Å². The van der Waals surface area contributed by atoms with Gasteiger partial charge in [-0.25, -0.2) is 18.1 Å². The molecular weight excluding hydrogens is 460 g/mol. The Balaban J connectivity index is 1.31. The molecule has 10 heteroatoms. The molecule has 2 aromatic rings. The molecule has 3 atom stereocenters. The van der Waals surface area contributed by atoms with Crippen molar-refractivity contribution in [3.63, 3.8) is 0 Å². The number of aromatic nitrogens is 1. The van der Waals surface area contributed by atoms with Crippen LogP contribution in [0.15, 0.2) is 34.5 Å². The van der Waals surface area contributed by atoms with Crippen molar-refractivity contribution in [2.45, 2.75) is 50.7 Å². The summed E-state index contributed by atoms with van der Waals surface area (Å²) >= 11 is 1.40. The first kappa shape index (κ1) is 24.3. The van der Waals surface area contributed by atoms with Crippen molar-refractivity contribution in [3.8, 4) is 0 Å². The van der Waals surface area contributed by atoms with Gasteiger partial charge in [0.2, 0.25) is 10.0 Å². The summed E-state index contributed by atoms with van der Waals surface area (Å²) in [6, 6.07) is 5.92. The average molecular weight is 493 g/mol. The molecule has 180 valence electrons. The minimum atomic E-state index is -3.64. The summed E-state index contributed by atoms with van der Waals surface area (Å²) in [5, 5.41) is 5.35. The SMILES string of the molecule is C[C@@H]1C[C@@H](C)CN(Cc2csc(NC(=O)c3ccc(S(=O)(=O)NC[C@H]4CCCO4)cc3)n2)C1. The fourth-order valence-corrected chi connectivity index (χ4v) is 6.40. The van der Waals surface area contributed by atoms with Crippen molar-refractivity contribution in [2.24, 2.45) is 11.8 Å². The first-order chi connectivity index (χ1) is 15.8. The van der Waals surface area contributed by atoms with Crippen molar-refractivity contribution in [2.75, 3.05) is 31.6 Å². The molecule has 2 aliphatic rings. The Hall–Kier alpha value is -1.85. The lowest BCUT2D eigenvalue weighted by molar-refractivity contribution is 0.102. The molecule has 0 spiro atoms. The van der Waals surface area contributed by atoms with E-state index >= 15 is 0 Å². The van der Waals surface area contributed by atoms with Crippen LogP contribution in [0.1, 0.15) is 49.2 Å². The standard InChI is InChI=1S/C23H32N4O4S2/c1-16-10-17(2)13-27(12-16)14-19-15-32-23(25-19)26-22(28)18-5-7-21(8-6-18)33(29,30)24-11-20-4-3-9-31-20/h5-8,15-17,20,24H,3-4,9-14H2,1-2H3,(H,25,26,28)/t16-,17-,20-/m1/s1. The van der Waals surface area contributed by atoms with Gasteiger partial charge in [-0.15, -0.1) is 11.3 Å². The maximum atomic E-state index is 12.6. The highest BCUT2D eigenvalue weighted by molar-refractivity contribution is 7.89. The van der Waals surface area contributed by atoms with Gasteiger partial charge in [0.15, 0.2) is 5.13 Å². The molecule has 2 saturated heterocycles. The summed E-state index contributed by atoms with van der Waals surface area (Å²) in [5.41, 5.74) is 1.33. The fourth-order valence-electron chi connectivity index (χ4n) is 4.63. The number of nitrogens with one attached hydrogen (secondary N) is 2. The topological polar surface area (TPSA) is 101 Å². The molecule has 3 heterocycles. The first-order valence-electron chi connectivity index (χ1n) is 11.5. The highest BCUT2D eigenvalue weighted by Crippen LogP contribution is 2.24. The molecule has 2 fully saturated rings. The zero-order valence-corrected chi connectivity index (χ0v) is 20.8. The third-order valence-corrected chi connectivity index (χ3v) is 8.30. The van der Waals surface area contributed by atoms with Crippen molar-refractivity contribution in [1.29, 1.82) is 0 Å². The number of sulfonamides is 1. The summed E-state index contributed by atoms with van der Waals surface area (Å²) in [6.07, 6.45) is 3.00. The number of thiazole rings is 1. The minimum absolute atomic E-state index is 0.0743. The van der Waals surface area contributed by atoms with E-state index in [1.54, 1.807) is 0 Å². The van der Waals surface area contributed by atoms with Gasteiger partial charge in [0.05, 0.1) is 16.7 Å². The van der Waals surface area contributed by atoms with E-state index < -0.39 is 10.0 Å². The Morgan fingerprint density at radius 3 is 2.61 bits per heavy atom. The van der Waals surface area contributed by atoms with Crippen LogP contribution in [0.25, 0.3) is 0 Å². The summed E-state index contributed by atoms with van der Waals surface area (Å²) in [5.74, 6) is 1.06. The zero-order valence-electron chi connectivity index (χ0n) is 19.1. The third-order valence-electron chi connectivity index (χ3n) is 6.05. The number of carbonyl (C=O) groups excluding carboxylic acids is 1. The van der Waals surface area contributed by atoms with Gasteiger partial charge in [-0.05, 0) is 55.4 Å². The molecule has 8 nitrogen and oxygen atoms in total. The molecule has 0 radical (unpaired) electrons. The number of amides is 1. The molecular formula is C23H32N4O4S2. The van der Waals surface area contributed by atoms with E-state index in [1.165, 1.54) is 42.0 Å². The van der Waals surface area contributed by atoms with E-state index in [0.29, 0.717) is 29.1 Å². The lowest BCUT2D eigenvalue weighted by atomic mass is 9.92. The summed E-state index contributed by atoms with van der Waals surface area (Å²) < 4.78 is 33.0. The van der Waals surface area contributed by atoms with Gasteiger partial charge in [-0.2, -0.15) is 0 Å². The Bertz CT molecular complexity index is 1040. The molecule has 1 aromatic heterocycles. The van der Waals surface area contributed by atoms with Gasteiger partial charge < -0.3 is 4.74 Å². The van der Waals surface area contributed by atoms with Crippen LogP contribution in [0.3, 0.4) is 0 Å². The molecule has 2 aliphatic heterocycles. The molecule has 0 saturated carbocycles. The van der Waals surface area contributed by atoms with Crippen LogP contribution >= 0.6 is 11.3 Å². The van der Waals surface area contributed by atoms with Crippen LogP contribution in [-0.2, 0) is 21.3 Å². The number of piperidine rings is 1. The molecule has 0 aliphatic carbocycles. The van der Waals surface area contributed by atoms with E-state index in [-0.39, 0.29) is 23.5 Å². The summed E-state index contributed by atoms with van der Waals surface area (Å²) in [7, 11) is -3.64. The van der Waals surface area contributed by atoms with Gasteiger partial charge in [-0.3, -0.25) is 15.0 Å². The Morgan fingerprint density at radius 2 is 1.94 bits per heavy atom. The van der Waals surface area contributed by atoms with E-state index in [1.807, 2.05) is 5.38 Å². The summed E-state index contributed by atoms with van der Waals surface area (Å²) in [4.78, 5) is 19.7. The highest BCUT2D eigenvalue weighted by Gasteiger charge is 2.23. The number of hydrogen-bond acceptors (Lipinski definition) is 7. The van der Waals surface area contributed by atoms with Crippen LogP contribution < -0.4 is 10.0 Å². The van der Waals surface area contributed by atoms with Crippen molar-refractivity contribution < 1.29 is 17.9 Å². The highest BCUT2D eigenvalue weighted by atomic mass is 32.2. The minimum Gasteiger partial charge on any atom is -0.377 e. The quantitative estimate of drug-likeness (QED) is 0.586. The monoisotopic (exact) mass is 492 g/mol. The van der Waals surface area contributed by atoms with Gasteiger partial charge in [0, 0.05) is 43.7 Å². The van der Waals surface area contributed by atoms with Crippen LogP contribution in [0.4, 0.5) is 5.13 Å². The maximum Gasteiger partial charge on any atom is 0.257 e. The van der Waals surface area contributed by atoms with Crippen molar-refractivity contribution >= 4 is 32.4 Å². The molecule has 33 heavy (non-hydrogen) atoms. The normalized spacial score (nSPS) is 24.1. The smallest absolute Gasteiger partial charge is 0.257 e. The lowest BCUT2D eigenvalue weighted by Crippen LogP contribution is -2.38. The number of carbonyl (C=O) groups is 1. The molecule has 0 bridgehead atoms. The van der Waals surface area contributed by atoms with Crippen LogP contribution in [0.5, 0.6) is 0 Å². The fraction of sp³-hybridized carbons (Fsp3) is 0.565. The largest absolute Gasteiger partial charge is 0.377 e. The molecule has 4 rings (SSSR count). The van der Waals surface area contributed by atoms with Gasteiger partial charge in [0.25, 0.3) is 5.91 Å². The summed E-state index contributed by atoms with van der Waals surface area (Å²) in [6.45, 7) is 8.42. The predicted molar refractivity (Wildman–Crippen MR) is 129 cm³/mol. The number of ether oxygens (including phenoxy) is 1. The number of hydrogen-bond donors (Lipinski definition) is 2. The lowest BCUT2D eigenvalue weighted by Gasteiger charge is -2.34. The van der Waals surface area contributed by atoms with Crippen LogP contribution in [-0.4, -0.2) is 56.6 Å². The second-order valence-corrected chi connectivity index (χ2v) is 11.9. The Kier molecular flexibility index (Phi) is 7.80. The zero-order chi connectivity index (χ0) is 23.4. The Morgan fingerprint density at radius 1 is 1.21 bits per heavy atom. The maximum absolute atomic E-state index is 12.6. The van der Waals surface area contributed by atoms with Crippen LogP contribution in [0.2, 0.25) is 0 Å². The number of likely N-dealkylation sites (tertiary alicyclic amines) is 1. The second-order valence-electron chi connectivity index (χ2n) is 9.25. The van der Waals surface area contributed by atoms with Crippen LogP contribution in [0, 0.1) is 11.8 Å². The van der Waals surface area contributed by atoms with Crippen molar-refractivity contribution in [3.05, 3.63) is 40.9 Å². The molecule has 2 N–H and O–H groups in total. The first-order valence-corrected chi connectivity index (χ1v) is 13.8. The number of anilines is 1. The Labute approximate surface area is 199 Å². The van der Waals surface area contributed by atoms with E-state index in [9.17, 15) is 13.2 Å². The second kappa shape index (κ2) is 10.6. The third kappa shape index (κ3) is 6.60. The molecule has 1 amide bonds.